The van der Waals surface area contributed by atoms with Crippen LogP contribution < -0.4 is 4.74 Å². The molecule has 4 nitrogen and oxygen atoms in total. The van der Waals surface area contributed by atoms with Crippen molar-refractivity contribution in [3.8, 4) is 5.88 Å². The summed E-state index contributed by atoms with van der Waals surface area (Å²) in [6.07, 6.45) is 1.93. The molecular formula is C8H11NO3S. The van der Waals surface area contributed by atoms with Crippen molar-refractivity contribution in [2.75, 3.05) is 6.61 Å². The molecule has 0 aromatic carbocycles. The third kappa shape index (κ3) is 2.69. The fourth-order valence-electron chi connectivity index (χ4n) is 0.786. The Hall–Kier alpha value is -1.10. The molecule has 0 spiro atoms. The number of hydrogen-bond acceptors (Lipinski definition) is 4. The van der Waals surface area contributed by atoms with Gasteiger partial charge in [0.05, 0.1) is 6.61 Å². The summed E-state index contributed by atoms with van der Waals surface area (Å²) in [6, 6.07) is 0. The first-order chi connectivity index (χ1) is 6.25. The number of nitrogens with zero attached hydrogens (tertiary/aromatic N) is 1. The normalized spacial score (nSPS) is 9.92. The van der Waals surface area contributed by atoms with Gasteiger partial charge >= 0.3 is 5.97 Å². The molecule has 0 aliphatic carbocycles. The van der Waals surface area contributed by atoms with Crippen LogP contribution in [0.25, 0.3) is 0 Å². The zero-order valence-corrected chi connectivity index (χ0v) is 8.13. The largest absolute Gasteiger partial charge is 0.477 e. The minimum absolute atomic E-state index is 0.154. The van der Waals surface area contributed by atoms with E-state index in [9.17, 15) is 4.79 Å². The van der Waals surface area contributed by atoms with Crippen LogP contribution in [0.1, 0.15) is 30.1 Å². The maximum Gasteiger partial charge on any atom is 0.342 e. The molecule has 72 valence electrons. The fraction of sp³-hybridized carbons (Fsp3) is 0.500. The predicted molar refractivity (Wildman–Crippen MR) is 49.5 cm³/mol. The minimum atomic E-state index is -0.986. The first kappa shape index (κ1) is 9.98. The minimum Gasteiger partial charge on any atom is -0.477 e. The number of carboxylic acids is 1. The first-order valence-electron chi connectivity index (χ1n) is 4.06. The topological polar surface area (TPSA) is 59.4 Å². The van der Waals surface area contributed by atoms with E-state index >= 15 is 0 Å². The van der Waals surface area contributed by atoms with Crippen LogP contribution in [0.4, 0.5) is 0 Å². The Morgan fingerprint density at radius 2 is 2.54 bits per heavy atom. The van der Waals surface area contributed by atoms with Crippen LogP contribution in [0.2, 0.25) is 0 Å². The quantitative estimate of drug-likeness (QED) is 0.740. The van der Waals surface area contributed by atoms with E-state index in [1.165, 1.54) is 5.38 Å². The number of aromatic nitrogens is 1. The number of hydrogen-bond donors (Lipinski definition) is 1. The summed E-state index contributed by atoms with van der Waals surface area (Å²) in [7, 11) is 0. The van der Waals surface area contributed by atoms with E-state index in [4.69, 9.17) is 9.84 Å². The highest BCUT2D eigenvalue weighted by Gasteiger charge is 2.13. The second-order valence-electron chi connectivity index (χ2n) is 2.54. The van der Waals surface area contributed by atoms with Gasteiger partial charge in [-0.1, -0.05) is 13.3 Å². The van der Waals surface area contributed by atoms with Crippen molar-refractivity contribution in [1.29, 1.82) is 0 Å². The number of ether oxygens (including phenoxy) is 1. The summed E-state index contributed by atoms with van der Waals surface area (Å²) in [4.78, 5) is 10.6. The van der Waals surface area contributed by atoms with Crippen LogP contribution in [0.15, 0.2) is 5.38 Å². The molecule has 0 fully saturated rings. The van der Waals surface area contributed by atoms with Crippen molar-refractivity contribution in [3.63, 3.8) is 0 Å². The lowest BCUT2D eigenvalue weighted by Gasteiger charge is -2.01. The van der Waals surface area contributed by atoms with E-state index in [1.807, 2.05) is 6.92 Å². The Bertz CT molecular complexity index is 285. The molecule has 1 aromatic heterocycles. The smallest absolute Gasteiger partial charge is 0.342 e. The number of rotatable bonds is 5. The number of aromatic carboxylic acids is 1. The molecule has 1 aromatic rings. The summed E-state index contributed by atoms with van der Waals surface area (Å²) in [6.45, 7) is 2.57. The monoisotopic (exact) mass is 201 g/mol. The van der Waals surface area contributed by atoms with Gasteiger partial charge in [-0.3, -0.25) is 0 Å². The van der Waals surface area contributed by atoms with E-state index < -0.39 is 5.97 Å². The zero-order valence-electron chi connectivity index (χ0n) is 7.32. The molecule has 0 bridgehead atoms. The van der Waals surface area contributed by atoms with E-state index in [1.54, 1.807) is 0 Å². The van der Waals surface area contributed by atoms with E-state index in [0.717, 1.165) is 24.4 Å². The summed E-state index contributed by atoms with van der Waals surface area (Å²) in [5.74, 6) is -0.744. The van der Waals surface area contributed by atoms with Gasteiger partial charge in [0, 0.05) is 5.38 Å². The summed E-state index contributed by atoms with van der Waals surface area (Å²) in [5, 5.41) is 10.2. The van der Waals surface area contributed by atoms with Gasteiger partial charge in [0.15, 0.2) is 0 Å². The SMILES string of the molecule is CCCCOc1nscc1C(=O)O. The Morgan fingerprint density at radius 3 is 3.15 bits per heavy atom. The molecule has 0 aliphatic heterocycles. The Balaban J connectivity index is 2.55. The van der Waals surface area contributed by atoms with Gasteiger partial charge in [0.2, 0.25) is 5.88 Å². The highest BCUT2D eigenvalue weighted by Crippen LogP contribution is 2.18. The molecule has 1 N–H and O–H groups in total. The summed E-state index contributed by atoms with van der Waals surface area (Å²) in [5.41, 5.74) is 0.154. The highest BCUT2D eigenvalue weighted by atomic mass is 32.1. The predicted octanol–water partition coefficient (Wildman–Crippen LogP) is 2.02. The molecule has 5 heteroatoms. The second kappa shape index (κ2) is 4.81. The molecule has 0 amide bonds. The molecule has 0 saturated heterocycles. The van der Waals surface area contributed by atoms with E-state index in [2.05, 4.69) is 4.37 Å². The Labute approximate surface area is 80.3 Å². The van der Waals surface area contributed by atoms with Crippen LogP contribution in [-0.4, -0.2) is 22.1 Å². The van der Waals surface area contributed by atoms with Crippen molar-refractivity contribution >= 4 is 17.5 Å². The molecule has 0 aliphatic rings. The van der Waals surface area contributed by atoms with E-state index in [-0.39, 0.29) is 11.4 Å². The van der Waals surface area contributed by atoms with Crippen LogP contribution in [0.5, 0.6) is 5.88 Å². The number of carbonyl (C=O) groups is 1. The number of carboxylic acid groups (broad SMARTS) is 1. The highest BCUT2D eigenvalue weighted by molar-refractivity contribution is 7.04. The lowest BCUT2D eigenvalue weighted by Crippen LogP contribution is -2.02. The van der Waals surface area contributed by atoms with Gasteiger partial charge in [0.1, 0.15) is 5.56 Å². The van der Waals surface area contributed by atoms with Gasteiger partial charge in [0.25, 0.3) is 0 Å². The lowest BCUT2D eigenvalue weighted by atomic mass is 10.3. The van der Waals surface area contributed by atoms with Crippen molar-refractivity contribution in [3.05, 3.63) is 10.9 Å². The third-order valence-electron chi connectivity index (χ3n) is 1.50. The molecule has 1 heterocycles. The maximum atomic E-state index is 10.6. The van der Waals surface area contributed by atoms with Crippen molar-refractivity contribution in [2.45, 2.75) is 19.8 Å². The summed E-state index contributed by atoms with van der Waals surface area (Å²) >= 11 is 1.10. The van der Waals surface area contributed by atoms with Gasteiger partial charge < -0.3 is 9.84 Å². The van der Waals surface area contributed by atoms with Crippen molar-refractivity contribution in [1.82, 2.24) is 4.37 Å². The van der Waals surface area contributed by atoms with Crippen LogP contribution in [-0.2, 0) is 0 Å². The van der Waals surface area contributed by atoms with Gasteiger partial charge in [-0.15, -0.1) is 0 Å². The van der Waals surface area contributed by atoms with Crippen molar-refractivity contribution in [2.24, 2.45) is 0 Å². The number of unbranched alkanes of at least 4 members (excludes halogenated alkanes) is 1. The van der Waals surface area contributed by atoms with Crippen LogP contribution in [0.3, 0.4) is 0 Å². The van der Waals surface area contributed by atoms with Crippen LogP contribution in [0, 0.1) is 0 Å². The molecule has 0 saturated carbocycles. The van der Waals surface area contributed by atoms with Gasteiger partial charge in [-0.25, -0.2) is 4.79 Å². The molecule has 13 heavy (non-hydrogen) atoms. The molecule has 0 atom stereocenters. The zero-order chi connectivity index (χ0) is 9.68. The lowest BCUT2D eigenvalue weighted by molar-refractivity contribution is 0.0692. The Kier molecular flexibility index (Phi) is 3.70. The van der Waals surface area contributed by atoms with Crippen molar-refractivity contribution < 1.29 is 14.6 Å². The average molecular weight is 201 g/mol. The average Bonchev–Trinajstić information content (AvgIpc) is 2.53. The second-order valence-corrected chi connectivity index (χ2v) is 3.17. The third-order valence-corrected chi connectivity index (χ3v) is 2.12. The molecule has 0 unspecified atom stereocenters. The fourth-order valence-corrected chi connectivity index (χ4v) is 1.39. The first-order valence-corrected chi connectivity index (χ1v) is 4.89. The molecular weight excluding hydrogens is 190 g/mol. The Morgan fingerprint density at radius 1 is 1.77 bits per heavy atom. The van der Waals surface area contributed by atoms with E-state index in [0.29, 0.717) is 6.61 Å². The molecule has 1 rings (SSSR count). The summed E-state index contributed by atoms with van der Waals surface area (Å²) < 4.78 is 9.05. The molecule has 0 radical (unpaired) electrons. The van der Waals surface area contributed by atoms with Gasteiger partial charge in [-0.2, -0.15) is 4.37 Å². The van der Waals surface area contributed by atoms with Gasteiger partial charge in [-0.05, 0) is 18.0 Å². The van der Waals surface area contributed by atoms with Crippen LogP contribution >= 0.6 is 11.5 Å². The maximum absolute atomic E-state index is 10.6. The standard InChI is InChI=1S/C8H11NO3S/c1-2-3-4-12-7-6(8(10)11)5-13-9-7/h5H,2-4H2,1H3,(H,10,11).